The van der Waals surface area contributed by atoms with Crippen molar-refractivity contribution in [3.05, 3.63) is 21.4 Å². The fourth-order valence-electron chi connectivity index (χ4n) is 2.65. The summed E-state index contributed by atoms with van der Waals surface area (Å²) in [5, 5.41) is 13.1. The predicted octanol–water partition coefficient (Wildman–Crippen LogP) is 2.35. The molecule has 2 N–H and O–H groups in total. The van der Waals surface area contributed by atoms with Gasteiger partial charge in [-0.2, -0.15) is 0 Å². The van der Waals surface area contributed by atoms with Crippen molar-refractivity contribution in [2.24, 2.45) is 0 Å². The van der Waals surface area contributed by atoms with Gasteiger partial charge in [0.2, 0.25) is 5.91 Å². The zero-order chi connectivity index (χ0) is 15.3. The highest BCUT2D eigenvalue weighted by Gasteiger charge is 2.29. The van der Waals surface area contributed by atoms with Crippen molar-refractivity contribution in [3.63, 3.8) is 0 Å². The van der Waals surface area contributed by atoms with E-state index in [4.69, 9.17) is 4.74 Å². The van der Waals surface area contributed by atoms with Crippen LogP contribution in [-0.2, 0) is 16.0 Å². The number of carbonyl (C=O) groups excluding carboxylic acids is 1. The normalized spacial score (nSPS) is 17.7. The Bertz CT molecular complexity index is 478. The van der Waals surface area contributed by atoms with Crippen LogP contribution in [0.2, 0.25) is 0 Å². The number of carbonyl (C=O) groups is 1. The van der Waals surface area contributed by atoms with Crippen molar-refractivity contribution in [2.75, 3.05) is 19.8 Å². The first kappa shape index (κ1) is 16.5. The first-order valence-corrected chi connectivity index (χ1v) is 8.43. The van der Waals surface area contributed by atoms with Crippen molar-refractivity contribution in [3.8, 4) is 0 Å². The van der Waals surface area contributed by atoms with E-state index in [2.05, 4.69) is 25.2 Å². The lowest BCUT2D eigenvalue weighted by atomic mass is 9.94. The number of aliphatic hydroxyl groups is 1. The van der Waals surface area contributed by atoms with Gasteiger partial charge in [0.05, 0.1) is 5.60 Å². The molecule has 0 spiro atoms. The third-order valence-electron chi connectivity index (χ3n) is 4.03. The van der Waals surface area contributed by atoms with Crippen LogP contribution in [0.1, 0.15) is 41.0 Å². The molecule has 1 fully saturated rings. The van der Waals surface area contributed by atoms with Gasteiger partial charge in [0.15, 0.2) is 0 Å². The predicted molar refractivity (Wildman–Crippen MR) is 84.7 cm³/mol. The summed E-state index contributed by atoms with van der Waals surface area (Å²) in [4.78, 5) is 14.5. The average molecular weight is 311 g/mol. The molecule has 1 aliphatic rings. The van der Waals surface area contributed by atoms with Crippen molar-refractivity contribution in [1.29, 1.82) is 0 Å². The number of aryl methyl sites for hydroxylation is 3. The van der Waals surface area contributed by atoms with E-state index in [0.717, 1.165) is 12.8 Å². The maximum Gasteiger partial charge on any atom is 0.220 e. The molecule has 1 aromatic rings. The SMILES string of the molecule is Cc1cc(CCCC(=O)NCC2(O)CCOCC2)c(C)s1. The standard InChI is InChI=1S/C16H25NO3S/c1-12-10-14(13(2)21-12)4-3-5-15(18)17-11-16(19)6-8-20-9-7-16/h10,19H,3-9,11H2,1-2H3,(H,17,18). The second kappa shape index (κ2) is 7.38. The van der Waals surface area contributed by atoms with E-state index >= 15 is 0 Å². The molecule has 0 saturated carbocycles. The first-order valence-electron chi connectivity index (χ1n) is 7.61. The fourth-order valence-corrected chi connectivity index (χ4v) is 3.63. The van der Waals surface area contributed by atoms with Crippen LogP contribution in [0.25, 0.3) is 0 Å². The van der Waals surface area contributed by atoms with Gasteiger partial charge in [-0.25, -0.2) is 0 Å². The Hall–Kier alpha value is -0.910. The highest BCUT2D eigenvalue weighted by molar-refractivity contribution is 7.12. The zero-order valence-electron chi connectivity index (χ0n) is 12.9. The average Bonchev–Trinajstić information content (AvgIpc) is 2.76. The molecule has 0 bridgehead atoms. The van der Waals surface area contributed by atoms with Crippen LogP contribution < -0.4 is 5.32 Å². The smallest absolute Gasteiger partial charge is 0.220 e. The van der Waals surface area contributed by atoms with Gasteiger partial charge >= 0.3 is 0 Å². The molecule has 2 rings (SSSR count). The van der Waals surface area contributed by atoms with Gasteiger partial charge in [0.25, 0.3) is 0 Å². The molecule has 0 atom stereocenters. The number of thiophene rings is 1. The number of amides is 1. The van der Waals surface area contributed by atoms with Crippen molar-refractivity contribution < 1.29 is 14.6 Å². The van der Waals surface area contributed by atoms with Crippen LogP contribution in [0.4, 0.5) is 0 Å². The maximum atomic E-state index is 11.9. The molecule has 1 aliphatic heterocycles. The molecule has 2 heterocycles. The minimum Gasteiger partial charge on any atom is -0.388 e. The summed E-state index contributed by atoms with van der Waals surface area (Å²) in [7, 11) is 0. The Morgan fingerprint density at radius 1 is 1.43 bits per heavy atom. The summed E-state index contributed by atoms with van der Waals surface area (Å²) in [5.74, 6) is 0.0273. The van der Waals surface area contributed by atoms with Crippen molar-refractivity contribution in [2.45, 2.75) is 51.6 Å². The molecule has 1 aromatic heterocycles. The molecule has 5 heteroatoms. The van der Waals surface area contributed by atoms with Crippen LogP contribution in [0, 0.1) is 13.8 Å². The Morgan fingerprint density at radius 3 is 2.76 bits per heavy atom. The summed E-state index contributed by atoms with van der Waals surface area (Å²) in [5.41, 5.74) is 0.572. The van der Waals surface area contributed by atoms with E-state index < -0.39 is 5.60 Å². The molecule has 0 aromatic carbocycles. The van der Waals surface area contributed by atoms with Gasteiger partial charge in [-0.05, 0) is 38.3 Å². The molecule has 21 heavy (non-hydrogen) atoms. The van der Waals surface area contributed by atoms with Crippen LogP contribution in [-0.4, -0.2) is 36.4 Å². The molecule has 1 amide bonds. The van der Waals surface area contributed by atoms with E-state index in [0.29, 0.717) is 39.0 Å². The second-order valence-electron chi connectivity index (χ2n) is 5.91. The summed E-state index contributed by atoms with van der Waals surface area (Å²) in [6.07, 6.45) is 3.51. The van der Waals surface area contributed by atoms with E-state index in [9.17, 15) is 9.90 Å². The van der Waals surface area contributed by atoms with Gasteiger partial charge in [-0.1, -0.05) is 0 Å². The summed E-state index contributed by atoms with van der Waals surface area (Å²) in [6, 6.07) is 2.21. The van der Waals surface area contributed by atoms with Gasteiger partial charge in [-0.15, -0.1) is 11.3 Å². The summed E-state index contributed by atoms with van der Waals surface area (Å²) < 4.78 is 5.23. The molecular weight excluding hydrogens is 286 g/mol. The van der Waals surface area contributed by atoms with E-state index in [1.54, 1.807) is 0 Å². The third kappa shape index (κ3) is 5.09. The van der Waals surface area contributed by atoms with Crippen molar-refractivity contribution >= 4 is 17.2 Å². The lowest BCUT2D eigenvalue weighted by Crippen LogP contribution is -2.46. The highest BCUT2D eigenvalue weighted by Crippen LogP contribution is 2.22. The lowest BCUT2D eigenvalue weighted by molar-refractivity contribution is -0.124. The Balaban J connectivity index is 1.66. The number of hydrogen-bond acceptors (Lipinski definition) is 4. The van der Waals surface area contributed by atoms with Crippen LogP contribution in [0.3, 0.4) is 0 Å². The van der Waals surface area contributed by atoms with E-state index in [-0.39, 0.29) is 5.91 Å². The molecule has 4 nitrogen and oxygen atoms in total. The monoisotopic (exact) mass is 311 g/mol. The molecule has 0 radical (unpaired) electrons. The van der Waals surface area contributed by atoms with Gasteiger partial charge in [-0.3, -0.25) is 4.79 Å². The molecule has 0 aliphatic carbocycles. The highest BCUT2D eigenvalue weighted by atomic mass is 32.1. The second-order valence-corrected chi connectivity index (χ2v) is 7.37. The molecule has 1 saturated heterocycles. The third-order valence-corrected chi connectivity index (χ3v) is 5.04. The van der Waals surface area contributed by atoms with Crippen LogP contribution in [0.15, 0.2) is 6.07 Å². The summed E-state index contributed by atoms with van der Waals surface area (Å²) in [6.45, 7) is 5.73. The number of nitrogens with one attached hydrogen (secondary N) is 1. The largest absolute Gasteiger partial charge is 0.388 e. The van der Waals surface area contributed by atoms with Crippen molar-refractivity contribution in [1.82, 2.24) is 5.32 Å². The number of rotatable bonds is 6. The quantitative estimate of drug-likeness (QED) is 0.848. The van der Waals surface area contributed by atoms with Gasteiger partial charge in [0.1, 0.15) is 0 Å². The van der Waals surface area contributed by atoms with Gasteiger partial charge in [0, 0.05) is 48.8 Å². The first-order chi connectivity index (χ1) is 9.98. The zero-order valence-corrected chi connectivity index (χ0v) is 13.7. The maximum absolute atomic E-state index is 11.9. The fraction of sp³-hybridized carbons (Fsp3) is 0.688. The minimum absolute atomic E-state index is 0.0273. The Labute approximate surface area is 130 Å². The number of hydrogen-bond donors (Lipinski definition) is 2. The topological polar surface area (TPSA) is 58.6 Å². The molecular formula is C16H25NO3S. The molecule has 0 unspecified atom stereocenters. The number of ether oxygens (including phenoxy) is 1. The van der Waals surface area contributed by atoms with E-state index in [1.165, 1.54) is 15.3 Å². The Morgan fingerprint density at radius 2 is 2.14 bits per heavy atom. The van der Waals surface area contributed by atoms with Crippen LogP contribution >= 0.6 is 11.3 Å². The van der Waals surface area contributed by atoms with E-state index in [1.807, 2.05) is 11.3 Å². The van der Waals surface area contributed by atoms with Crippen LogP contribution in [0.5, 0.6) is 0 Å². The lowest BCUT2D eigenvalue weighted by Gasteiger charge is -2.32. The Kier molecular flexibility index (Phi) is 5.79. The minimum atomic E-state index is -0.783. The van der Waals surface area contributed by atoms with Gasteiger partial charge < -0.3 is 15.2 Å². The summed E-state index contributed by atoms with van der Waals surface area (Å²) >= 11 is 1.81. The molecule has 118 valence electrons.